The molecule has 0 fully saturated rings. The van der Waals surface area contributed by atoms with Crippen LogP contribution in [0, 0.1) is 11.5 Å². The minimum atomic E-state index is 0.0880. The van der Waals surface area contributed by atoms with Crippen molar-refractivity contribution < 1.29 is 9.47 Å². The van der Waals surface area contributed by atoms with E-state index < -0.39 is 0 Å². The third-order valence-electron chi connectivity index (χ3n) is 0.607. The summed E-state index contributed by atoms with van der Waals surface area (Å²) in [4.78, 5) is 0. The zero-order valence-corrected chi connectivity index (χ0v) is 8.79. The van der Waals surface area contributed by atoms with E-state index in [0.29, 0.717) is 0 Å². The maximum Gasteiger partial charge on any atom is 0.276 e. The normalized spacial score (nSPS) is 6.54. The second kappa shape index (κ2) is 10.7. The van der Waals surface area contributed by atoms with Gasteiger partial charge in [0.1, 0.15) is 0 Å². The van der Waals surface area contributed by atoms with Crippen LogP contribution in [0.2, 0.25) is 0 Å². The average Bonchev–Trinajstić information content (AvgIpc) is 2.15. The van der Waals surface area contributed by atoms with E-state index in [0.717, 1.165) is 0 Å². The van der Waals surface area contributed by atoms with Crippen molar-refractivity contribution in [1.82, 2.24) is 10.9 Å². The lowest BCUT2D eigenvalue weighted by Crippen LogP contribution is -2.33. The standard InChI is InChI=1S/C3H5N3OS.C2H5NOS/c1-7-3(8)6-5-2-4;1-4-2(3)5/h5H,1H3,(H,6,8);1H3,(H2,3,5). The molecular formula is C5H10N4O2S2. The smallest absolute Gasteiger partial charge is 0.276 e. The van der Waals surface area contributed by atoms with Crippen molar-refractivity contribution in [1.29, 1.82) is 5.26 Å². The topological polar surface area (TPSA) is 92.3 Å². The maximum atomic E-state index is 7.87. The summed E-state index contributed by atoms with van der Waals surface area (Å²) in [6.45, 7) is 0. The molecule has 0 atom stereocenters. The van der Waals surface area contributed by atoms with Crippen LogP contribution < -0.4 is 16.6 Å². The van der Waals surface area contributed by atoms with Gasteiger partial charge in [-0.1, -0.05) is 0 Å². The fourth-order valence-corrected chi connectivity index (χ4v) is 0.181. The van der Waals surface area contributed by atoms with Gasteiger partial charge in [0.25, 0.3) is 10.3 Å². The Morgan fingerprint density at radius 1 is 1.38 bits per heavy atom. The Kier molecular flexibility index (Phi) is 11.7. The lowest BCUT2D eigenvalue weighted by molar-refractivity contribution is 0.388. The van der Waals surface area contributed by atoms with Crippen LogP contribution in [0.3, 0.4) is 0 Å². The van der Waals surface area contributed by atoms with Crippen LogP contribution in [0.15, 0.2) is 0 Å². The first-order valence-corrected chi connectivity index (χ1v) is 3.71. The third-order valence-corrected chi connectivity index (χ3v) is 1.04. The van der Waals surface area contributed by atoms with Gasteiger partial charge in [-0.3, -0.25) is 5.43 Å². The molecule has 0 rings (SSSR count). The fraction of sp³-hybridized carbons (Fsp3) is 0.400. The van der Waals surface area contributed by atoms with Crippen molar-refractivity contribution in [3.8, 4) is 6.19 Å². The molecule has 0 radical (unpaired) electrons. The van der Waals surface area contributed by atoms with Crippen molar-refractivity contribution in [2.75, 3.05) is 14.2 Å². The van der Waals surface area contributed by atoms with Crippen molar-refractivity contribution in [2.45, 2.75) is 0 Å². The molecule has 0 spiro atoms. The van der Waals surface area contributed by atoms with Gasteiger partial charge < -0.3 is 15.2 Å². The lowest BCUT2D eigenvalue weighted by atomic mass is 11.2. The molecule has 0 aliphatic carbocycles. The molecule has 0 aromatic rings. The van der Waals surface area contributed by atoms with Crippen molar-refractivity contribution in [2.24, 2.45) is 5.73 Å². The monoisotopic (exact) mass is 222 g/mol. The highest BCUT2D eigenvalue weighted by atomic mass is 32.1. The molecular weight excluding hydrogens is 212 g/mol. The molecule has 0 bridgehead atoms. The van der Waals surface area contributed by atoms with Crippen LogP contribution in [-0.2, 0) is 9.47 Å². The Balaban J connectivity index is 0. The number of methoxy groups -OCH3 is 2. The third kappa shape index (κ3) is 18.0. The second-order valence-electron chi connectivity index (χ2n) is 1.38. The molecule has 0 heterocycles. The van der Waals surface area contributed by atoms with E-state index in [1.165, 1.54) is 14.2 Å². The highest BCUT2D eigenvalue weighted by molar-refractivity contribution is 7.80. The summed E-state index contributed by atoms with van der Waals surface area (Å²) in [5, 5.41) is 8.10. The van der Waals surface area contributed by atoms with Gasteiger partial charge in [-0.05, 0) is 24.4 Å². The quantitative estimate of drug-likeness (QED) is 0.234. The molecule has 13 heavy (non-hydrogen) atoms. The first kappa shape index (κ1) is 14.2. The van der Waals surface area contributed by atoms with E-state index in [1.807, 2.05) is 0 Å². The zero-order chi connectivity index (χ0) is 10.7. The number of nitrogens with one attached hydrogen (secondary N) is 2. The molecule has 0 aromatic heterocycles. The molecule has 0 saturated carbocycles. The first-order chi connectivity index (χ1) is 6.08. The minimum absolute atomic E-state index is 0.0880. The number of nitriles is 1. The van der Waals surface area contributed by atoms with Crippen LogP contribution in [-0.4, -0.2) is 24.6 Å². The average molecular weight is 222 g/mol. The molecule has 0 saturated heterocycles. The predicted molar refractivity (Wildman–Crippen MR) is 55.3 cm³/mol. The first-order valence-electron chi connectivity index (χ1n) is 2.90. The fourth-order valence-electron chi connectivity index (χ4n) is 0.130. The molecule has 74 valence electrons. The summed E-state index contributed by atoms with van der Waals surface area (Å²) in [5.74, 6) is 0. The zero-order valence-electron chi connectivity index (χ0n) is 7.16. The van der Waals surface area contributed by atoms with Gasteiger partial charge >= 0.3 is 0 Å². The largest absolute Gasteiger partial charge is 0.475 e. The van der Waals surface area contributed by atoms with Crippen LogP contribution in [0.25, 0.3) is 0 Å². The molecule has 6 nitrogen and oxygen atoms in total. The van der Waals surface area contributed by atoms with Gasteiger partial charge in [0.15, 0.2) is 6.19 Å². The van der Waals surface area contributed by atoms with E-state index in [1.54, 1.807) is 6.19 Å². The summed E-state index contributed by atoms with van der Waals surface area (Å²) in [7, 11) is 2.84. The lowest BCUT2D eigenvalue weighted by Gasteiger charge is -1.99. The molecule has 0 aromatic carbocycles. The van der Waals surface area contributed by atoms with Gasteiger partial charge in [-0.2, -0.15) is 5.26 Å². The summed E-state index contributed by atoms with van der Waals surface area (Å²) in [5.41, 5.74) is 9.17. The van der Waals surface area contributed by atoms with Crippen LogP contribution >= 0.6 is 24.4 Å². The van der Waals surface area contributed by atoms with Gasteiger partial charge in [-0.15, -0.1) is 0 Å². The van der Waals surface area contributed by atoms with Gasteiger partial charge in [0.05, 0.1) is 14.2 Å². The van der Waals surface area contributed by atoms with Crippen molar-refractivity contribution in [3.05, 3.63) is 0 Å². The van der Waals surface area contributed by atoms with Crippen LogP contribution in [0.1, 0.15) is 0 Å². The summed E-state index contributed by atoms with van der Waals surface area (Å²) >= 11 is 8.73. The summed E-state index contributed by atoms with van der Waals surface area (Å²) < 4.78 is 8.72. The number of ether oxygens (including phenoxy) is 2. The predicted octanol–water partition coefficient (Wildman–Crippen LogP) is -0.631. The van der Waals surface area contributed by atoms with E-state index in [4.69, 9.17) is 11.0 Å². The van der Waals surface area contributed by atoms with Gasteiger partial charge in [-0.25, -0.2) is 5.43 Å². The van der Waals surface area contributed by atoms with Crippen LogP contribution in [0.5, 0.6) is 0 Å². The van der Waals surface area contributed by atoms with E-state index in [-0.39, 0.29) is 10.3 Å². The molecule has 4 N–H and O–H groups in total. The SMILES string of the molecule is COC(=S)NNC#N.COC(N)=S. The number of hydrogen-bond donors (Lipinski definition) is 3. The number of thiocarbonyl (C=S) groups is 2. The number of hydrogen-bond acceptors (Lipinski definition) is 6. The summed E-state index contributed by atoms with van der Waals surface area (Å²) in [6, 6.07) is 0. The number of nitrogens with two attached hydrogens (primary N) is 1. The second-order valence-corrected chi connectivity index (χ2v) is 2.15. The summed E-state index contributed by atoms with van der Waals surface area (Å²) in [6.07, 6.45) is 1.60. The molecule has 0 aliphatic rings. The van der Waals surface area contributed by atoms with Crippen molar-refractivity contribution >= 4 is 34.8 Å². The van der Waals surface area contributed by atoms with Gasteiger partial charge in [0.2, 0.25) is 0 Å². The Hall–Kier alpha value is -1.33. The van der Waals surface area contributed by atoms with E-state index in [2.05, 4.69) is 44.8 Å². The Labute approximate surface area is 87.0 Å². The Morgan fingerprint density at radius 2 is 1.85 bits per heavy atom. The minimum Gasteiger partial charge on any atom is -0.475 e. The molecule has 0 unspecified atom stereocenters. The Bertz CT molecular complexity index is 203. The Morgan fingerprint density at radius 3 is 2.08 bits per heavy atom. The number of nitrogens with zero attached hydrogens (tertiary/aromatic N) is 1. The van der Waals surface area contributed by atoms with E-state index >= 15 is 0 Å². The van der Waals surface area contributed by atoms with E-state index in [9.17, 15) is 0 Å². The van der Waals surface area contributed by atoms with Gasteiger partial charge in [0, 0.05) is 0 Å². The molecule has 8 heteroatoms. The molecule has 0 amide bonds. The van der Waals surface area contributed by atoms with Crippen molar-refractivity contribution in [3.63, 3.8) is 0 Å². The number of rotatable bonds is 1. The van der Waals surface area contributed by atoms with Crippen LogP contribution in [0.4, 0.5) is 0 Å². The number of hydrazine groups is 1. The highest BCUT2D eigenvalue weighted by Gasteiger charge is 1.85. The maximum absolute atomic E-state index is 7.87. The molecule has 0 aliphatic heterocycles. The highest BCUT2D eigenvalue weighted by Crippen LogP contribution is 1.65.